The van der Waals surface area contributed by atoms with E-state index in [-0.39, 0.29) is 12.2 Å². The summed E-state index contributed by atoms with van der Waals surface area (Å²) in [6.45, 7) is 6.75. The number of benzene rings is 1. The number of hydrogen-bond donors (Lipinski definition) is 0. The summed E-state index contributed by atoms with van der Waals surface area (Å²) in [7, 11) is 0. The molecule has 1 aromatic rings. The first-order valence-corrected chi connectivity index (χ1v) is 18.5. The monoisotopic (exact) mass is 414 g/mol. The summed E-state index contributed by atoms with van der Waals surface area (Å²) in [4.78, 5) is 7.29. The van der Waals surface area contributed by atoms with E-state index in [1.807, 2.05) is 19.9 Å². The molecular formula is C18H30O3Sn. The van der Waals surface area contributed by atoms with Gasteiger partial charge in [-0.1, -0.05) is 0 Å². The third kappa shape index (κ3) is 4.70. The van der Waals surface area contributed by atoms with Crippen LogP contribution >= 0.6 is 0 Å². The van der Waals surface area contributed by atoms with E-state index in [2.05, 4.69) is 46.0 Å². The molecule has 0 spiro atoms. The Morgan fingerprint density at radius 1 is 1.23 bits per heavy atom. The van der Waals surface area contributed by atoms with Gasteiger partial charge in [-0.2, -0.15) is 0 Å². The van der Waals surface area contributed by atoms with E-state index in [0.29, 0.717) is 10.7 Å². The van der Waals surface area contributed by atoms with Crippen molar-refractivity contribution in [3.05, 3.63) is 35.9 Å². The van der Waals surface area contributed by atoms with E-state index in [4.69, 9.17) is 14.2 Å². The summed E-state index contributed by atoms with van der Waals surface area (Å²) >= 11 is -2.15. The van der Waals surface area contributed by atoms with Crippen LogP contribution in [0.5, 0.6) is 0 Å². The standard InChI is InChI=1S/C15H21O3.3CH3.Sn/c1-4-10-16-14(12-8-6-5-7-9-12)13-11-17-15(2,3)18-13;;;;/h5-10,13-14H,4,11H2,1-3H3;3*1H3;/t13-,14+;;;;/m1..../s1. The molecule has 0 aliphatic carbocycles. The Labute approximate surface area is 139 Å². The summed E-state index contributed by atoms with van der Waals surface area (Å²) in [5, 5.41) is 0. The van der Waals surface area contributed by atoms with Crippen LogP contribution in [0, 0.1) is 0 Å². The van der Waals surface area contributed by atoms with Crippen molar-refractivity contribution in [3.8, 4) is 0 Å². The van der Waals surface area contributed by atoms with E-state index in [9.17, 15) is 0 Å². The van der Waals surface area contributed by atoms with Gasteiger partial charge in [0.1, 0.15) is 0 Å². The molecule has 3 nitrogen and oxygen atoms in total. The third-order valence-electron chi connectivity index (χ3n) is 4.14. The van der Waals surface area contributed by atoms with Gasteiger partial charge in [-0.25, -0.2) is 0 Å². The molecule has 1 aromatic carbocycles. The van der Waals surface area contributed by atoms with Crippen LogP contribution in [0.1, 0.15) is 38.9 Å². The van der Waals surface area contributed by atoms with Crippen LogP contribution in [0.3, 0.4) is 0 Å². The molecule has 22 heavy (non-hydrogen) atoms. The molecule has 1 fully saturated rings. The zero-order valence-electron chi connectivity index (χ0n) is 14.8. The molecule has 124 valence electrons. The van der Waals surface area contributed by atoms with E-state index < -0.39 is 24.2 Å². The Hall–Kier alpha value is -0.101. The van der Waals surface area contributed by atoms with Crippen molar-refractivity contribution in [2.24, 2.45) is 0 Å². The normalized spacial score (nSPS) is 24.2. The van der Waals surface area contributed by atoms with Gasteiger partial charge in [0, 0.05) is 0 Å². The Morgan fingerprint density at radius 3 is 2.32 bits per heavy atom. The van der Waals surface area contributed by atoms with Crippen LogP contribution in [-0.4, -0.2) is 41.0 Å². The summed E-state index contributed by atoms with van der Waals surface area (Å²) in [6.07, 6.45) is 0.976. The summed E-state index contributed by atoms with van der Waals surface area (Å²) in [5.41, 5.74) is 1.18. The molecule has 1 saturated heterocycles. The topological polar surface area (TPSA) is 27.7 Å². The van der Waals surface area contributed by atoms with Gasteiger partial charge in [0.2, 0.25) is 0 Å². The molecule has 0 amide bonds. The fourth-order valence-corrected chi connectivity index (χ4v) is 8.06. The molecular weight excluding hydrogens is 383 g/mol. The number of rotatable bonds is 6. The fraction of sp³-hybridized carbons (Fsp3) is 0.667. The minimum atomic E-state index is -2.15. The Kier molecular flexibility index (Phi) is 5.97. The molecule has 1 heterocycles. The van der Waals surface area contributed by atoms with Gasteiger partial charge in [0.15, 0.2) is 0 Å². The number of hydrogen-bond acceptors (Lipinski definition) is 3. The maximum absolute atomic E-state index is 6.62. The van der Waals surface area contributed by atoms with Crippen LogP contribution in [0.2, 0.25) is 14.8 Å². The summed E-state index contributed by atoms with van der Waals surface area (Å²) < 4.78 is 18.9. The molecule has 1 aliphatic rings. The Balaban J connectivity index is 2.23. The van der Waals surface area contributed by atoms with Crippen LogP contribution in [0.15, 0.2) is 30.3 Å². The Morgan fingerprint density at radius 2 is 1.86 bits per heavy atom. The van der Waals surface area contributed by atoms with Crippen molar-refractivity contribution >= 4 is 18.4 Å². The third-order valence-corrected chi connectivity index (χ3v) is 11.2. The van der Waals surface area contributed by atoms with Crippen molar-refractivity contribution in [3.63, 3.8) is 0 Å². The first-order chi connectivity index (χ1) is 10.2. The molecule has 4 heteroatoms. The fourth-order valence-electron chi connectivity index (χ4n) is 2.98. The average molecular weight is 413 g/mol. The van der Waals surface area contributed by atoms with Crippen molar-refractivity contribution in [1.29, 1.82) is 0 Å². The van der Waals surface area contributed by atoms with E-state index in [0.717, 1.165) is 6.42 Å². The quantitative estimate of drug-likeness (QED) is 0.641. The Bertz CT molecular complexity index is 467. The zero-order chi connectivity index (χ0) is 16.4. The predicted octanol–water partition coefficient (Wildman–Crippen LogP) is 4.55. The minimum absolute atomic E-state index is 0.0416. The molecule has 1 aliphatic heterocycles. The molecule has 3 atom stereocenters. The van der Waals surface area contributed by atoms with Crippen LogP contribution < -0.4 is 0 Å². The second kappa shape index (κ2) is 7.20. The molecule has 0 radical (unpaired) electrons. The molecule has 0 N–H and O–H groups in total. The van der Waals surface area contributed by atoms with Crippen LogP contribution in [0.4, 0.5) is 0 Å². The van der Waals surface area contributed by atoms with E-state index >= 15 is 0 Å². The van der Waals surface area contributed by atoms with Gasteiger partial charge in [0.25, 0.3) is 0 Å². The zero-order valence-corrected chi connectivity index (χ0v) is 17.6. The van der Waals surface area contributed by atoms with Gasteiger partial charge in [-0.05, 0) is 0 Å². The average Bonchev–Trinajstić information content (AvgIpc) is 2.79. The SMILES string of the molecule is CC[C@H](O[C@@H](c1ccccc1)[C@H]1COC(C)(C)O1)[Sn]([CH3])([CH3])[CH3]. The summed E-state index contributed by atoms with van der Waals surface area (Å²) in [5.74, 6) is -0.520. The van der Waals surface area contributed by atoms with Gasteiger partial charge >= 0.3 is 139 Å². The van der Waals surface area contributed by atoms with Gasteiger partial charge in [-0.3, -0.25) is 0 Å². The molecule has 2 rings (SSSR count). The summed E-state index contributed by atoms with van der Waals surface area (Å²) in [6, 6.07) is 10.4. The van der Waals surface area contributed by atoms with Crippen molar-refractivity contribution < 1.29 is 14.2 Å². The van der Waals surface area contributed by atoms with Crippen molar-refractivity contribution in [2.45, 2.75) is 64.1 Å². The van der Waals surface area contributed by atoms with E-state index in [1.165, 1.54) is 5.56 Å². The second-order valence-electron chi connectivity index (χ2n) is 7.60. The number of ether oxygens (including phenoxy) is 3. The first kappa shape index (κ1) is 18.2. The van der Waals surface area contributed by atoms with Gasteiger partial charge in [-0.15, -0.1) is 0 Å². The second-order valence-corrected chi connectivity index (χ2v) is 22.9. The molecule has 0 saturated carbocycles. The molecule has 0 bridgehead atoms. The van der Waals surface area contributed by atoms with Crippen LogP contribution in [-0.2, 0) is 14.2 Å². The maximum atomic E-state index is 6.62. The van der Waals surface area contributed by atoms with Crippen molar-refractivity contribution in [2.75, 3.05) is 6.61 Å². The predicted molar refractivity (Wildman–Crippen MR) is 92.6 cm³/mol. The molecule has 0 unspecified atom stereocenters. The van der Waals surface area contributed by atoms with Gasteiger partial charge < -0.3 is 0 Å². The van der Waals surface area contributed by atoms with Crippen molar-refractivity contribution in [1.82, 2.24) is 0 Å². The first-order valence-electron chi connectivity index (χ1n) is 8.25. The van der Waals surface area contributed by atoms with E-state index in [1.54, 1.807) is 0 Å². The van der Waals surface area contributed by atoms with Gasteiger partial charge in [0.05, 0.1) is 0 Å². The molecule has 0 aromatic heterocycles. The van der Waals surface area contributed by atoms with Crippen LogP contribution in [0.25, 0.3) is 0 Å².